The molecule has 1 saturated heterocycles. The van der Waals surface area contributed by atoms with Gasteiger partial charge in [0.1, 0.15) is 12.4 Å². The smallest absolute Gasteiger partial charge is 0.264 e. The molecule has 1 unspecified atom stereocenters. The van der Waals surface area contributed by atoms with E-state index in [1.807, 2.05) is 6.07 Å². The Kier molecular flexibility index (Phi) is 4.22. The molecule has 22 heavy (non-hydrogen) atoms. The maximum atomic E-state index is 12.5. The van der Waals surface area contributed by atoms with Crippen molar-refractivity contribution >= 4 is 23.4 Å². The first kappa shape index (κ1) is 15.1. The van der Waals surface area contributed by atoms with Crippen molar-refractivity contribution in [3.05, 3.63) is 28.8 Å². The Morgan fingerprint density at radius 1 is 1.23 bits per heavy atom. The molecule has 1 aromatic carbocycles. The van der Waals surface area contributed by atoms with Crippen molar-refractivity contribution in [2.24, 2.45) is 0 Å². The Morgan fingerprint density at radius 3 is 2.59 bits per heavy atom. The summed E-state index contributed by atoms with van der Waals surface area (Å²) in [6, 6.07) is 5.34. The van der Waals surface area contributed by atoms with Gasteiger partial charge in [0.15, 0.2) is 6.10 Å². The van der Waals surface area contributed by atoms with E-state index in [9.17, 15) is 9.59 Å². The second kappa shape index (κ2) is 6.14. The van der Waals surface area contributed by atoms with Gasteiger partial charge in [0.2, 0.25) is 5.91 Å². The molecule has 1 fully saturated rings. The van der Waals surface area contributed by atoms with Crippen LogP contribution in [0.15, 0.2) is 18.2 Å². The number of aliphatic hydroxyl groups is 1. The van der Waals surface area contributed by atoms with Gasteiger partial charge in [-0.25, -0.2) is 0 Å². The van der Waals surface area contributed by atoms with Gasteiger partial charge in [-0.15, -0.1) is 0 Å². The van der Waals surface area contributed by atoms with Gasteiger partial charge in [0.25, 0.3) is 5.91 Å². The summed E-state index contributed by atoms with van der Waals surface area (Å²) in [5.41, 5.74) is 0.944. The molecule has 2 heterocycles. The van der Waals surface area contributed by atoms with E-state index >= 15 is 0 Å². The number of hydrogen-bond donors (Lipinski definition) is 1. The SMILES string of the molecule is O=C(CO)N1CCN(C(=O)C2Cc3cc(Cl)ccc3O2)CC1. The van der Waals surface area contributed by atoms with E-state index in [2.05, 4.69) is 0 Å². The van der Waals surface area contributed by atoms with Crippen LogP contribution < -0.4 is 4.74 Å². The zero-order valence-electron chi connectivity index (χ0n) is 12.0. The van der Waals surface area contributed by atoms with Crippen LogP contribution >= 0.6 is 11.6 Å². The van der Waals surface area contributed by atoms with Crippen LogP contribution in [0.5, 0.6) is 5.75 Å². The molecule has 118 valence electrons. The molecule has 0 bridgehead atoms. The molecule has 0 saturated carbocycles. The van der Waals surface area contributed by atoms with Gasteiger partial charge in [-0.05, 0) is 23.8 Å². The van der Waals surface area contributed by atoms with Crippen molar-refractivity contribution in [1.82, 2.24) is 9.80 Å². The van der Waals surface area contributed by atoms with Crippen molar-refractivity contribution in [3.8, 4) is 5.75 Å². The number of halogens is 1. The monoisotopic (exact) mass is 324 g/mol. The summed E-state index contributed by atoms with van der Waals surface area (Å²) in [5.74, 6) is 0.339. The largest absolute Gasteiger partial charge is 0.480 e. The fourth-order valence-corrected chi connectivity index (χ4v) is 3.03. The molecule has 2 amide bonds. The second-order valence-corrected chi connectivity index (χ2v) is 5.86. The Labute approximate surface area is 133 Å². The van der Waals surface area contributed by atoms with Gasteiger partial charge in [0.05, 0.1) is 0 Å². The minimum Gasteiger partial charge on any atom is -0.480 e. The van der Waals surface area contributed by atoms with Crippen molar-refractivity contribution < 1.29 is 19.4 Å². The van der Waals surface area contributed by atoms with Gasteiger partial charge in [0, 0.05) is 37.6 Å². The highest BCUT2D eigenvalue weighted by Crippen LogP contribution is 2.31. The summed E-state index contributed by atoms with van der Waals surface area (Å²) in [6.07, 6.45) is -0.00149. The fourth-order valence-electron chi connectivity index (χ4n) is 2.83. The maximum absolute atomic E-state index is 12.5. The molecule has 2 aliphatic rings. The lowest BCUT2D eigenvalue weighted by molar-refractivity contribution is -0.144. The van der Waals surface area contributed by atoms with Gasteiger partial charge in [-0.3, -0.25) is 9.59 Å². The normalized spacial score (nSPS) is 20.5. The van der Waals surface area contributed by atoms with Crippen LogP contribution in [0.1, 0.15) is 5.56 Å². The second-order valence-electron chi connectivity index (χ2n) is 5.43. The molecule has 1 aromatic rings. The molecule has 6 nitrogen and oxygen atoms in total. The van der Waals surface area contributed by atoms with Crippen LogP contribution in [0.25, 0.3) is 0 Å². The number of hydrogen-bond acceptors (Lipinski definition) is 4. The quantitative estimate of drug-likeness (QED) is 0.850. The minimum atomic E-state index is -0.520. The maximum Gasteiger partial charge on any atom is 0.264 e. The predicted molar refractivity (Wildman–Crippen MR) is 79.8 cm³/mol. The third kappa shape index (κ3) is 2.89. The number of nitrogens with zero attached hydrogens (tertiary/aromatic N) is 2. The van der Waals surface area contributed by atoms with Crippen LogP contribution in [-0.4, -0.2) is 65.6 Å². The van der Waals surface area contributed by atoms with Crippen LogP contribution in [0, 0.1) is 0 Å². The third-order valence-electron chi connectivity index (χ3n) is 4.05. The molecule has 7 heteroatoms. The lowest BCUT2D eigenvalue weighted by Crippen LogP contribution is -2.54. The number of carbonyl (C=O) groups excluding carboxylic acids is 2. The average molecular weight is 325 g/mol. The van der Waals surface area contributed by atoms with E-state index < -0.39 is 12.7 Å². The Morgan fingerprint density at radius 2 is 1.91 bits per heavy atom. The molecular weight excluding hydrogens is 308 g/mol. The molecule has 0 aromatic heterocycles. The van der Waals surface area contributed by atoms with Crippen LogP contribution in [0.3, 0.4) is 0 Å². The first-order valence-electron chi connectivity index (χ1n) is 7.21. The minimum absolute atomic E-state index is 0.0663. The topological polar surface area (TPSA) is 70.1 Å². The Hall–Kier alpha value is -1.79. The summed E-state index contributed by atoms with van der Waals surface area (Å²) < 4.78 is 5.70. The highest BCUT2D eigenvalue weighted by atomic mass is 35.5. The van der Waals surface area contributed by atoms with Crippen LogP contribution in [-0.2, 0) is 16.0 Å². The van der Waals surface area contributed by atoms with Gasteiger partial charge in [-0.1, -0.05) is 11.6 Å². The summed E-state index contributed by atoms with van der Waals surface area (Å²) in [7, 11) is 0. The molecular formula is C15H17ClN2O4. The first-order valence-corrected chi connectivity index (χ1v) is 7.59. The van der Waals surface area contributed by atoms with E-state index in [1.165, 1.54) is 0 Å². The summed E-state index contributed by atoms with van der Waals surface area (Å²) in [4.78, 5) is 27.2. The van der Waals surface area contributed by atoms with Gasteiger partial charge in [-0.2, -0.15) is 0 Å². The van der Waals surface area contributed by atoms with E-state index in [4.69, 9.17) is 21.4 Å². The average Bonchev–Trinajstić information content (AvgIpc) is 2.96. The number of fused-ring (bicyclic) bond motifs is 1. The molecule has 0 radical (unpaired) electrons. The zero-order valence-corrected chi connectivity index (χ0v) is 12.8. The van der Waals surface area contributed by atoms with Crippen molar-refractivity contribution in [3.63, 3.8) is 0 Å². The van der Waals surface area contributed by atoms with Crippen molar-refractivity contribution in [2.45, 2.75) is 12.5 Å². The van der Waals surface area contributed by atoms with Gasteiger partial charge >= 0.3 is 0 Å². The van der Waals surface area contributed by atoms with E-state index in [1.54, 1.807) is 21.9 Å². The molecule has 3 rings (SSSR count). The number of benzene rings is 1. The Bertz CT molecular complexity index is 599. The lowest BCUT2D eigenvalue weighted by atomic mass is 10.1. The predicted octanol–water partition coefficient (Wildman–Crippen LogP) is 0.307. The molecule has 1 atom stereocenters. The number of carbonyl (C=O) groups is 2. The summed E-state index contributed by atoms with van der Waals surface area (Å²) in [5, 5.41) is 9.49. The number of aliphatic hydroxyl groups excluding tert-OH is 1. The highest BCUT2D eigenvalue weighted by molar-refractivity contribution is 6.30. The number of piperazine rings is 1. The molecule has 2 aliphatic heterocycles. The summed E-state index contributed by atoms with van der Waals surface area (Å²) in [6.45, 7) is 1.31. The van der Waals surface area contributed by atoms with E-state index in [0.29, 0.717) is 43.4 Å². The fraction of sp³-hybridized carbons (Fsp3) is 0.467. The van der Waals surface area contributed by atoms with Crippen molar-refractivity contribution in [2.75, 3.05) is 32.8 Å². The first-order chi connectivity index (χ1) is 10.6. The summed E-state index contributed by atoms with van der Waals surface area (Å²) >= 11 is 5.95. The zero-order chi connectivity index (χ0) is 15.7. The lowest BCUT2D eigenvalue weighted by Gasteiger charge is -2.35. The van der Waals surface area contributed by atoms with Crippen LogP contribution in [0.2, 0.25) is 5.02 Å². The Balaban J connectivity index is 1.59. The third-order valence-corrected chi connectivity index (χ3v) is 4.29. The highest BCUT2D eigenvalue weighted by Gasteiger charge is 2.34. The molecule has 0 aliphatic carbocycles. The van der Waals surface area contributed by atoms with Gasteiger partial charge < -0.3 is 19.6 Å². The molecule has 1 N–H and O–H groups in total. The van der Waals surface area contributed by atoms with E-state index in [0.717, 1.165) is 5.56 Å². The molecule has 0 spiro atoms. The number of ether oxygens (including phenoxy) is 1. The number of rotatable bonds is 2. The standard InChI is InChI=1S/C15H17ClN2O4/c16-11-1-2-12-10(7-11)8-13(22-12)15(21)18-5-3-17(4-6-18)14(20)9-19/h1-2,7,13,19H,3-6,8-9H2. The van der Waals surface area contributed by atoms with Crippen molar-refractivity contribution in [1.29, 1.82) is 0 Å². The number of amides is 2. The van der Waals surface area contributed by atoms with Crippen LogP contribution in [0.4, 0.5) is 0 Å². The van der Waals surface area contributed by atoms with E-state index in [-0.39, 0.29) is 11.8 Å².